The first-order chi connectivity index (χ1) is 11.1. The molecule has 1 aliphatic rings. The highest BCUT2D eigenvalue weighted by Gasteiger charge is 2.22. The number of nitrogens with zero attached hydrogens (tertiary/aromatic N) is 1. The van der Waals surface area contributed by atoms with Gasteiger partial charge in [-0.3, -0.25) is 0 Å². The summed E-state index contributed by atoms with van der Waals surface area (Å²) in [6.07, 6.45) is 2.19. The number of thioether (sulfide) groups is 1. The zero-order valence-electron chi connectivity index (χ0n) is 14.4. The monoisotopic (exact) mass is 322 g/mol. The highest BCUT2D eigenvalue weighted by Crippen LogP contribution is 2.42. The van der Waals surface area contributed by atoms with E-state index in [2.05, 4.69) is 80.9 Å². The van der Waals surface area contributed by atoms with Crippen LogP contribution in [0.2, 0.25) is 0 Å². The summed E-state index contributed by atoms with van der Waals surface area (Å²) in [6.45, 7) is 8.80. The number of hydrogen-bond donors (Lipinski definition) is 0. The second-order valence-corrected chi connectivity index (χ2v) is 6.97. The lowest BCUT2D eigenvalue weighted by molar-refractivity contribution is 0.981. The molecule has 0 saturated heterocycles. The van der Waals surface area contributed by atoms with E-state index in [-0.39, 0.29) is 0 Å². The summed E-state index contributed by atoms with van der Waals surface area (Å²) in [6, 6.07) is 15.6. The van der Waals surface area contributed by atoms with E-state index >= 15 is 0 Å². The van der Waals surface area contributed by atoms with Crippen LogP contribution in [-0.2, 0) is 0 Å². The number of aryl methyl sites for hydroxylation is 2. The Morgan fingerprint density at radius 2 is 1.65 bits per heavy atom. The van der Waals surface area contributed by atoms with Gasteiger partial charge in [0.2, 0.25) is 0 Å². The minimum atomic E-state index is 1.07. The van der Waals surface area contributed by atoms with Gasteiger partial charge in [-0.05, 0) is 55.5 Å². The van der Waals surface area contributed by atoms with E-state index in [4.69, 9.17) is 0 Å². The zero-order chi connectivity index (χ0) is 16.4. The average molecular weight is 322 g/mol. The van der Waals surface area contributed by atoms with Gasteiger partial charge in [-0.25, -0.2) is 0 Å². The van der Waals surface area contributed by atoms with E-state index in [0.29, 0.717) is 0 Å². The summed E-state index contributed by atoms with van der Waals surface area (Å²) >= 11 is 1.86. The van der Waals surface area contributed by atoms with E-state index in [9.17, 15) is 0 Å². The first-order valence-electron chi connectivity index (χ1n) is 8.33. The lowest BCUT2D eigenvalue weighted by Crippen LogP contribution is -2.13. The molecule has 0 bridgehead atoms. The van der Waals surface area contributed by atoms with Crippen LogP contribution in [0.15, 0.2) is 53.1 Å². The van der Waals surface area contributed by atoms with Crippen LogP contribution in [0.3, 0.4) is 0 Å². The molecule has 0 unspecified atom stereocenters. The molecule has 1 nitrogen and oxygen atoms in total. The number of benzene rings is 2. The lowest BCUT2D eigenvalue weighted by atomic mass is 9.98. The molecule has 1 aliphatic heterocycles. The van der Waals surface area contributed by atoms with Crippen molar-refractivity contribution in [2.24, 2.45) is 0 Å². The van der Waals surface area contributed by atoms with Gasteiger partial charge >= 0.3 is 0 Å². The van der Waals surface area contributed by atoms with Crippen LogP contribution in [0.5, 0.6) is 0 Å². The Kier molecular flexibility index (Phi) is 4.82. The summed E-state index contributed by atoms with van der Waals surface area (Å²) in [5.41, 5.74) is 7.96. The van der Waals surface area contributed by atoms with Gasteiger partial charge in [0.15, 0.2) is 0 Å². The minimum Gasteiger partial charge on any atom is -0.329 e. The molecule has 0 amide bonds. The smallest absolute Gasteiger partial charge is 0.114 e. The van der Waals surface area contributed by atoms with E-state index < -0.39 is 0 Å². The quantitative estimate of drug-likeness (QED) is 0.618. The maximum absolute atomic E-state index is 2.34. The molecule has 2 aromatic carbocycles. The molecule has 2 aromatic rings. The molecule has 1 radical (unpaired) electrons. The summed E-state index contributed by atoms with van der Waals surface area (Å²) < 4.78 is 0. The Hall–Kier alpha value is -1.67. The fourth-order valence-electron chi connectivity index (χ4n) is 3.10. The van der Waals surface area contributed by atoms with Crippen molar-refractivity contribution >= 4 is 17.4 Å². The van der Waals surface area contributed by atoms with Crippen molar-refractivity contribution in [2.75, 3.05) is 4.90 Å². The molecule has 1 heterocycles. The normalized spacial score (nSPS) is 14.7. The lowest BCUT2D eigenvalue weighted by Gasteiger charge is -2.21. The van der Waals surface area contributed by atoms with Crippen molar-refractivity contribution in [1.29, 1.82) is 0 Å². The molecule has 0 aromatic heterocycles. The summed E-state index contributed by atoms with van der Waals surface area (Å²) in [4.78, 5) is 3.84. The second-order valence-electron chi connectivity index (χ2n) is 6.04. The van der Waals surface area contributed by atoms with Gasteiger partial charge in [-0.2, -0.15) is 0 Å². The molecule has 0 atom stereocenters. The molecule has 0 spiro atoms. The first-order valence-corrected chi connectivity index (χ1v) is 9.21. The fourth-order valence-corrected chi connectivity index (χ4v) is 4.13. The van der Waals surface area contributed by atoms with Gasteiger partial charge in [-0.1, -0.05) is 49.7 Å². The molecule has 119 valence electrons. The molecule has 0 aliphatic carbocycles. The van der Waals surface area contributed by atoms with E-state index in [0.717, 1.165) is 12.8 Å². The first kappa shape index (κ1) is 16.2. The highest BCUT2D eigenvalue weighted by atomic mass is 32.2. The topological polar surface area (TPSA) is 3.24 Å². The molecular weight excluding hydrogens is 298 g/mol. The van der Waals surface area contributed by atoms with E-state index in [1.165, 1.54) is 38.5 Å². The van der Waals surface area contributed by atoms with Crippen LogP contribution in [-0.4, -0.2) is 0 Å². The van der Waals surface area contributed by atoms with Crippen LogP contribution < -0.4 is 4.90 Å². The Labute approximate surface area is 144 Å². The van der Waals surface area contributed by atoms with Gasteiger partial charge in [0, 0.05) is 16.3 Å². The van der Waals surface area contributed by atoms with Crippen molar-refractivity contribution in [1.82, 2.24) is 0 Å². The summed E-state index contributed by atoms with van der Waals surface area (Å²) in [7, 11) is 0. The van der Waals surface area contributed by atoms with E-state index in [1.807, 2.05) is 11.8 Å². The Morgan fingerprint density at radius 3 is 2.30 bits per heavy atom. The molecule has 0 N–H and O–H groups in total. The molecule has 2 heteroatoms. The van der Waals surface area contributed by atoms with E-state index in [1.54, 1.807) is 0 Å². The van der Waals surface area contributed by atoms with Crippen LogP contribution in [0.1, 0.15) is 37.8 Å². The van der Waals surface area contributed by atoms with Gasteiger partial charge < -0.3 is 4.90 Å². The SMILES string of the molecule is CCC1=C(CC)N(c2ccc(-c3cc(C)ccc3C)cc2)[CH]S1. The van der Waals surface area contributed by atoms with Gasteiger partial charge in [0.05, 0.1) is 0 Å². The molecule has 0 saturated carbocycles. The predicted molar refractivity (Wildman–Crippen MR) is 103 cm³/mol. The Bertz CT molecular complexity index is 728. The summed E-state index contributed by atoms with van der Waals surface area (Å²) in [5.74, 6) is 2.24. The van der Waals surface area contributed by atoms with Gasteiger partial charge in [0.25, 0.3) is 0 Å². The molecular formula is C21H24NS. The van der Waals surface area contributed by atoms with Crippen LogP contribution in [0, 0.1) is 19.7 Å². The number of rotatable bonds is 4. The maximum Gasteiger partial charge on any atom is 0.114 e. The third kappa shape index (κ3) is 3.18. The maximum atomic E-state index is 2.34. The Balaban J connectivity index is 1.91. The van der Waals surface area contributed by atoms with Crippen molar-refractivity contribution in [3.8, 4) is 11.1 Å². The standard InChI is InChI=1S/C21H24NS/c1-5-20-21(6-2)23-14-22(20)18-11-9-17(10-12-18)19-13-15(3)7-8-16(19)4/h7-14H,5-6H2,1-4H3. The average Bonchev–Trinajstić information content (AvgIpc) is 3.00. The zero-order valence-corrected chi connectivity index (χ0v) is 15.2. The third-order valence-electron chi connectivity index (χ3n) is 4.42. The van der Waals surface area contributed by atoms with Crippen LogP contribution >= 0.6 is 11.8 Å². The number of hydrogen-bond acceptors (Lipinski definition) is 2. The Morgan fingerprint density at radius 1 is 0.913 bits per heavy atom. The minimum absolute atomic E-state index is 1.07. The van der Waals surface area contributed by atoms with Crippen LogP contribution in [0.4, 0.5) is 5.69 Å². The van der Waals surface area contributed by atoms with Crippen LogP contribution in [0.25, 0.3) is 11.1 Å². The third-order valence-corrected chi connectivity index (χ3v) is 5.54. The van der Waals surface area contributed by atoms with Crippen molar-refractivity contribution < 1.29 is 0 Å². The fraction of sp³-hybridized carbons (Fsp3) is 0.286. The predicted octanol–water partition coefficient (Wildman–Crippen LogP) is 6.67. The van der Waals surface area contributed by atoms with Crippen molar-refractivity contribution in [3.63, 3.8) is 0 Å². The second kappa shape index (κ2) is 6.84. The number of allylic oxidation sites excluding steroid dienone is 2. The summed E-state index contributed by atoms with van der Waals surface area (Å²) in [5, 5.41) is 0. The van der Waals surface area contributed by atoms with Crippen molar-refractivity contribution in [3.05, 3.63) is 70.1 Å². The molecule has 3 rings (SSSR count). The van der Waals surface area contributed by atoms with Gasteiger partial charge in [0.1, 0.15) is 5.88 Å². The molecule has 23 heavy (non-hydrogen) atoms. The number of anilines is 1. The molecule has 0 fully saturated rings. The van der Waals surface area contributed by atoms with Gasteiger partial charge in [-0.15, -0.1) is 11.8 Å². The highest BCUT2D eigenvalue weighted by molar-refractivity contribution is 8.05. The van der Waals surface area contributed by atoms with Crippen molar-refractivity contribution in [2.45, 2.75) is 40.5 Å². The largest absolute Gasteiger partial charge is 0.329 e.